The van der Waals surface area contributed by atoms with Crippen LogP contribution in [0.4, 0.5) is 11.5 Å². The van der Waals surface area contributed by atoms with Crippen LogP contribution in [0.5, 0.6) is 0 Å². The zero-order chi connectivity index (χ0) is 23.2. The molecule has 2 aromatic rings. The average Bonchev–Trinajstić information content (AvgIpc) is 3.45. The van der Waals surface area contributed by atoms with Gasteiger partial charge < -0.3 is 20.4 Å². The molecule has 2 amide bonds. The van der Waals surface area contributed by atoms with Crippen molar-refractivity contribution in [2.24, 2.45) is 5.92 Å². The van der Waals surface area contributed by atoms with Crippen LogP contribution in [0, 0.1) is 12.8 Å². The van der Waals surface area contributed by atoms with Gasteiger partial charge in [0.15, 0.2) is 5.82 Å². The molecule has 2 saturated heterocycles. The lowest BCUT2D eigenvalue weighted by Crippen LogP contribution is -2.42. The summed E-state index contributed by atoms with van der Waals surface area (Å²) < 4.78 is 1.90. The molecule has 33 heavy (non-hydrogen) atoms. The molecule has 0 spiro atoms. The molecule has 2 aliphatic heterocycles. The molecule has 0 radical (unpaired) electrons. The summed E-state index contributed by atoms with van der Waals surface area (Å²) in [6.07, 6.45) is 5.20. The van der Waals surface area contributed by atoms with E-state index in [0.29, 0.717) is 0 Å². The Morgan fingerprint density at radius 3 is 2.42 bits per heavy atom. The van der Waals surface area contributed by atoms with Gasteiger partial charge in [-0.2, -0.15) is 5.10 Å². The van der Waals surface area contributed by atoms with E-state index < -0.39 is 0 Å². The molecule has 8 nitrogen and oxygen atoms in total. The Labute approximate surface area is 196 Å². The van der Waals surface area contributed by atoms with E-state index in [1.54, 1.807) is 0 Å². The molecule has 2 N–H and O–H groups in total. The van der Waals surface area contributed by atoms with Gasteiger partial charge in [0.1, 0.15) is 5.69 Å². The number of hydrogen-bond acceptors (Lipinski definition) is 5. The number of piperidine rings is 1. The number of para-hydroxylation sites is 1. The molecule has 1 aromatic heterocycles. The van der Waals surface area contributed by atoms with E-state index in [-0.39, 0.29) is 17.7 Å². The number of nitrogens with one attached hydrogen (secondary N) is 2. The zero-order valence-corrected chi connectivity index (χ0v) is 19.8. The first-order valence-corrected chi connectivity index (χ1v) is 12.2. The third-order valence-corrected chi connectivity index (χ3v) is 6.65. The lowest BCUT2D eigenvalue weighted by atomic mass is 9.95. The molecule has 4 rings (SSSR count). The van der Waals surface area contributed by atoms with E-state index in [9.17, 15) is 9.59 Å². The third-order valence-electron chi connectivity index (χ3n) is 6.65. The van der Waals surface area contributed by atoms with E-state index in [1.807, 2.05) is 41.9 Å². The summed E-state index contributed by atoms with van der Waals surface area (Å²) in [5.41, 5.74) is 2.48. The van der Waals surface area contributed by atoms with Gasteiger partial charge in [-0.3, -0.25) is 9.59 Å². The summed E-state index contributed by atoms with van der Waals surface area (Å²) in [6, 6.07) is 9.96. The first-order chi connectivity index (χ1) is 16.0. The molecule has 178 valence electrons. The van der Waals surface area contributed by atoms with Crippen molar-refractivity contribution in [3.8, 4) is 5.69 Å². The Bertz CT molecular complexity index is 943. The minimum atomic E-state index is -0.116. The second-order valence-electron chi connectivity index (χ2n) is 9.17. The number of anilines is 2. The van der Waals surface area contributed by atoms with E-state index in [1.165, 1.54) is 32.9 Å². The predicted molar refractivity (Wildman–Crippen MR) is 131 cm³/mol. The van der Waals surface area contributed by atoms with E-state index in [0.717, 1.165) is 68.3 Å². The molecule has 0 atom stereocenters. The van der Waals surface area contributed by atoms with Crippen molar-refractivity contribution >= 4 is 23.3 Å². The topological polar surface area (TPSA) is 82.5 Å². The van der Waals surface area contributed by atoms with Crippen molar-refractivity contribution in [3.05, 3.63) is 36.0 Å². The number of amides is 2. The van der Waals surface area contributed by atoms with Crippen LogP contribution in [-0.4, -0.2) is 65.8 Å². The number of aromatic nitrogens is 2. The average molecular weight is 453 g/mol. The fraction of sp³-hybridized carbons (Fsp3) is 0.560. The fourth-order valence-electron chi connectivity index (χ4n) is 4.90. The summed E-state index contributed by atoms with van der Waals surface area (Å²) in [4.78, 5) is 29.3. The van der Waals surface area contributed by atoms with Crippen LogP contribution in [-0.2, 0) is 9.59 Å². The monoisotopic (exact) mass is 452 g/mol. The molecule has 0 aliphatic carbocycles. The number of aryl methyl sites for hydroxylation is 1. The SMILES string of the molecule is CC(=O)Nc1c(C)nn(-c2ccccc2)c1N1CCC(C(=O)NCCCN2CCCC2)CC1. The number of benzene rings is 1. The number of carbonyl (C=O) groups is 2. The molecule has 0 unspecified atom stereocenters. The number of hydrogen-bond donors (Lipinski definition) is 2. The van der Waals surface area contributed by atoms with Gasteiger partial charge in [-0.05, 0) is 70.8 Å². The van der Waals surface area contributed by atoms with Gasteiger partial charge in [0.2, 0.25) is 11.8 Å². The first kappa shape index (κ1) is 23.3. The van der Waals surface area contributed by atoms with E-state index in [2.05, 4.69) is 20.4 Å². The van der Waals surface area contributed by atoms with Crippen LogP contribution in [0.3, 0.4) is 0 Å². The number of nitrogens with zero attached hydrogens (tertiary/aromatic N) is 4. The second kappa shape index (κ2) is 10.8. The van der Waals surface area contributed by atoms with E-state index >= 15 is 0 Å². The highest BCUT2D eigenvalue weighted by atomic mass is 16.2. The highest BCUT2D eigenvalue weighted by Gasteiger charge is 2.29. The van der Waals surface area contributed by atoms with Crippen molar-refractivity contribution < 1.29 is 9.59 Å². The van der Waals surface area contributed by atoms with Crippen molar-refractivity contribution in [1.82, 2.24) is 20.0 Å². The van der Waals surface area contributed by atoms with Crippen LogP contribution >= 0.6 is 0 Å². The standard InChI is InChI=1S/C25H36N6O2/c1-19-23(27-20(2)32)25(31(28-19)22-9-4-3-5-10-22)30-17-11-21(12-18-30)24(33)26-13-8-16-29-14-6-7-15-29/h3-5,9-10,21H,6-8,11-18H2,1-2H3,(H,26,33)(H,27,32). The zero-order valence-electron chi connectivity index (χ0n) is 19.8. The van der Waals surface area contributed by atoms with Gasteiger partial charge >= 0.3 is 0 Å². The molecule has 8 heteroatoms. The third kappa shape index (κ3) is 5.74. The van der Waals surface area contributed by atoms with Crippen LogP contribution in [0.15, 0.2) is 30.3 Å². The number of rotatable bonds is 8. The van der Waals surface area contributed by atoms with Gasteiger partial charge in [0.25, 0.3) is 0 Å². The van der Waals surface area contributed by atoms with Gasteiger partial charge in [-0.15, -0.1) is 0 Å². The highest BCUT2D eigenvalue weighted by molar-refractivity contribution is 5.93. The number of likely N-dealkylation sites (tertiary alicyclic amines) is 1. The van der Waals surface area contributed by atoms with Gasteiger partial charge in [0.05, 0.1) is 11.4 Å². The molecule has 2 aliphatic rings. The Morgan fingerprint density at radius 2 is 1.76 bits per heavy atom. The fourth-order valence-corrected chi connectivity index (χ4v) is 4.90. The number of carbonyl (C=O) groups excluding carboxylic acids is 2. The Kier molecular flexibility index (Phi) is 7.65. The van der Waals surface area contributed by atoms with Crippen molar-refractivity contribution in [2.75, 3.05) is 49.5 Å². The normalized spacial score (nSPS) is 17.3. The molecule has 2 fully saturated rings. The van der Waals surface area contributed by atoms with Gasteiger partial charge in [0, 0.05) is 32.5 Å². The Morgan fingerprint density at radius 1 is 1.06 bits per heavy atom. The van der Waals surface area contributed by atoms with Crippen molar-refractivity contribution in [2.45, 2.75) is 46.0 Å². The summed E-state index contributed by atoms with van der Waals surface area (Å²) in [6.45, 7) is 9.15. The maximum absolute atomic E-state index is 12.7. The lowest BCUT2D eigenvalue weighted by Gasteiger charge is -2.33. The Hall–Kier alpha value is -2.87. The van der Waals surface area contributed by atoms with Gasteiger partial charge in [-0.1, -0.05) is 18.2 Å². The smallest absolute Gasteiger partial charge is 0.223 e. The van der Waals surface area contributed by atoms with Crippen LogP contribution in [0.25, 0.3) is 5.69 Å². The van der Waals surface area contributed by atoms with Gasteiger partial charge in [-0.25, -0.2) is 4.68 Å². The molecule has 3 heterocycles. The molecule has 0 bridgehead atoms. The second-order valence-corrected chi connectivity index (χ2v) is 9.17. The Balaban J connectivity index is 1.38. The first-order valence-electron chi connectivity index (χ1n) is 12.2. The summed E-state index contributed by atoms with van der Waals surface area (Å²) in [5, 5.41) is 10.8. The van der Waals surface area contributed by atoms with Crippen molar-refractivity contribution in [1.29, 1.82) is 0 Å². The molecule has 0 saturated carbocycles. The summed E-state index contributed by atoms with van der Waals surface area (Å²) >= 11 is 0. The largest absolute Gasteiger partial charge is 0.356 e. The highest BCUT2D eigenvalue weighted by Crippen LogP contribution is 2.34. The lowest BCUT2D eigenvalue weighted by molar-refractivity contribution is -0.125. The molecular formula is C25H36N6O2. The minimum absolute atomic E-state index is 0.0337. The van der Waals surface area contributed by atoms with Crippen molar-refractivity contribution in [3.63, 3.8) is 0 Å². The maximum atomic E-state index is 12.7. The minimum Gasteiger partial charge on any atom is -0.356 e. The van der Waals surface area contributed by atoms with Crippen LogP contribution in [0.2, 0.25) is 0 Å². The van der Waals surface area contributed by atoms with Crippen LogP contribution in [0.1, 0.15) is 44.7 Å². The molecule has 1 aromatic carbocycles. The van der Waals surface area contributed by atoms with Crippen LogP contribution < -0.4 is 15.5 Å². The summed E-state index contributed by atoms with van der Waals surface area (Å²) in [5.74, 6) is 0.978. The maximum Gasteiger partial charge on any atom is 0.223 e. The van der Waals surface area contributed by atoms with E-state index in [4.69, 9.17) is 5.10 Å². The predicted octanol–water partition coefficient (Wildman–Crippen LogP) is 2.96. The quantitative estimate of drug-likeness (QED) is 0.602. The summed E-state index contributed by atoms with van der Waals surface area (Å²) in [7, 11) is 0. The molecular weight excluding hydrogens is 416 g/mol.